The summed E-state index contributed by atoms with van der Waals surface area (Å²) in [5.41, 5.74) is 3.10. The first kappa shape index (κ1) is 22.9. The number of carbonyl (C=O) groups excluding carboxylic acids is 1. The number of carbonyl (C=O) groups is 1. The molecule has 2 rings (SSSR count). The van der Waals surface area contributed by atoms with Gasteiger partial charge in [0.2, 0.25) is 0 Å². The minimum Gasteiger partial charge on any atom is -0.318 e. The molecule has 2 aliphatic rings. The van der Waals surface area contributed by atoms with Crippen LogP contribution in [0.1, 0.15) is 40.0 Å². The van der Waals surface area contributed by atoms with Crippen LogP contribution in [0.4, 0.5) is 0 Å². The highest BCUT2D eigenvalue weighted by atomic mass is 16.2. The monoisotopic (exact) mass is 342 g/mol. The zero-order chi connectivity index (χ0) is 19.1. The topological polar surface area (TPSA) is 32.3 Å². The number of nitrogens with zero attached hydrogens (tertiary/aromatic N) is 1. The van der Waals surface area contributed by atoms with Crippen LogP contribution in [-0.2, 0) is 4.79 Å². The summed E-state index contributed by atoms with van der Waals surface area (Å²) in [6, 6.07) is 0. The molecule has 1 aliphatic heterocycles. The summed E-state index contributed by atoms with van der Waals surface area (Å²) in [7, 11) is 1.90. The Bertz CT molecular complexity index is 550. The molecule has 1 saturated heterocycles. The lowest BCUT2D eigenvalue weighted by atomic mass is 10.1. The van der Waals surface area contributed by atoms with Crippen LogP contribution in [0, 0.1) is 0 Å². The van der Waals surface area contributed by atoms with E-state index < -0.39 is 0 Å². The predicted octanol–water partition coefficient (Wildman–Crippen LogP) is 4.93. The molecule has 0 spiro atoms. The number of likely N-dealkylation sites (tertiary alicyclic amines) is 1. The smallest absolute Gasteiger partial charge is 0.254 e. The van der Waals surface area contributed by atoms with Gasteiger partial charge in [0.25, 0.3) is 5.91 Å². The van der Waals surface area contributed by atoms with Gasteiger partial charge in [-0.2, -0.15) is 0 Å². The maximum absolute atomic E-state index is 12.4. The van der Waals surface area contributed by atoms with E-state index in [1.807, 2.05) is 38.8 Å². The third kappa shape index (κ3) is 7.99. The Hall–Kier alpha value is -2.13. The Labute approximate surface area is 154 Å². The zero-order valence-corrected chi connectivity index (χ0v) is 16.3. The van der Waals surface area contributed by atoms with Crippen molar-refractivity contribution in [1.82, 2.24) is 10.2 Å². The quantitative estimate of drug-likeness (QED) is 0.567. The van der Waals surface area contributed by atoms with Crippen molar-refractivity contribution in [2.75, 3.05) is 20.1 Å². The van der Waals surface area contributed by atoms with Crippen LogP contribution in [0.25, 0.3) is 0 Å². The largest absolute Gasteiger partial charge is 0.318 e. The lowest BCUT2D eigenvalue weighted by Crippen LogP contribution is -2.31. The summed E-state index contributed by atoms with van der Waals surface area (Å²) in [6.07, 6.45) is 16.8. The second-order valence-electron chi connectivity index (χ2n) is 5.39. The molecule has 1 heterocycles. The second-order valence-corrected chi connectivity index (χ2v) is 5.39. The highest BCUT2D eigenvalue weighted by Crippen LogP contribution is 2.29. The van der Waals surface area contributed by atoms with Crippen molar-refractivity contribution in [1.29, 1.82) is 0 Å². The van der Waals surface area contributed by atoms with Crippen molar-refractivity contribution >= 4 is 5.91 Å². The fraction of sp³-hybridized carbons (Fsp3) is 0.409. The van der Waals surface area contributed by atoms with E-state index in [1.165, 1.54) is 5.57 Å². The van der Waals surface area contributed by atoms with E-state index >= 15 is 0 Å². The minimum absolute atomic E-state index is 0.104. The highest BCUT2D eigenvalue weighted by Gasteiger charge is 2.29. The Morgan fingerprint density at radius 1 is 1.28 bits per heavy atom. The molecule has 25 heavy (non-hydrogen) atoms. The molecule has 0 unspecified atom stereocenters. The second kappa shape index (κ2) is 14.2. The first-order valence-corrected chi connectivity index (χ1v) is 9.10. The molecule has 0 aromatic heterocycles. The summed E-state index contributed by atoms with van der Waals surface area (Å²) in [5, 5.41) is 3.10. The van der Waals surface area contributed by atoms with Crippen LogP contribution in [0.3, 0.4) is 0 Å². The van der Waals surface area contributed by atoms with Gasteiger partial charge in [0, 0.05) is 30.8 Å². The highest BCUT2D eigenvalue weighted by molar-refractivity contribution is 5.98. The molecule has 0 radical (unpaired) electrons. The van der Waals surface area contributed by atoms with E-state index in [2.05, 4.69) is 42.8 Å². The lowest BCUT2D eigenvalue weighted by Gasteiger charge is -2.18. The van der Waals surface area contributed by atoms with Gasteiger partial charge in [-0.15, -0.1) is 6.58 Å². The molecule has 0 aromatic carbocycles. The summed E-state index contributed by atoms with van der Waals surface area (Å²) in [6.45, 7) is 14.4. The normalized spacial score (nSPS) is 19.0. The molecule has 1 aliphatic carbocycles. The number of nitrogens with one attached hydrogen (secondary N) is 1. The SMILES string of the molecule is C=C/C=C1\C/C(=C/C2=CCCC=C2)N(CCNC)C1=O.C=CC.CC. The van der Waals surface area contributed by atoms with Crippen LogP contribution in [0.15, 0.2) is 72.5 Å². The third-order valence-electron chi connectivity index (χ3n) is 3.50. The van der Waals surface area contributed by atoms with E-state index in [1.54, 1.807) is 12.2 Å². The van der Waals surface area contributed by atoms with E-state index in [0.29, 0.717) is 13.0 Å². The molecule has 1 N–H and O–H groups in total. The van der Waals surface area contributed by atoms with Crippen molar-refractivity contribution in [3.63, 3.8) is 0 Å². The van der Waals surface area contributed by atoms with Crippen molar-refractivity contribution < 1.29 is 4.79 Å². The lowest BCUT2D eigenvalue weighted by molar-refractivity contribution is -0.123. The van der Waals surface area contributed by atoms with Crippen LogP contribution in [0.2, 0.25) is 0 Å². The Balaban J connectivity index is 0.00000104. The maximum atomic E-state index is 12.4. The van der Waals surface area contributed by atoms with Gasteiger partial charge in [-0.3, -0.25) is 4.79 Å². The molecule has 138 valence electrons. The van der Waals surface area contributed by atoms with Crippen molar-refractivity contribution in [3.05, 3.63) is 72.5 Å². The first-order valence-electron chi connectivity index (χ1n) is 9.10. The molecule has 1 amide bonds. The van der Waals surface area contributed by atoms with Crippen LogP contribution in [-0.4, -0.2) is 30.9 Å². The molecular formula is C22H34N2O. The molecule has 0 bridgehead atoms. The van der Waals surface area contributed by atoms with E-state index in [9.17, 15) is 4.79 Å². The van der Waals surface area contributed by atoms with Crippen molar-refractivity contribution in [2.45, 2.75) is 40.0 Å². The number of amides is 1. The fourth-order valence-electron chi connectivity index (χ4n) is 2.47. The fourth-order valence-corrected chi connectivity index (χ4v) is 2.47. The van der Waals surface area contributed by atoms with Gasteiger partial charge in [-0.05, 0) is 38.5 Å². The molecular weight excluding hydrogens is 308 g/mol. The standard InChI is InChI=1S/C17H22N2O.C3H6.C2H6/c1-3-7-15-13-16(12-14-8-5-4-6-9-14)19(17(15)20)11-10-18-2;1-3-2;1-2/h3,5,7-9,12,18H,1,4,6,10-11,13H2,2H3;3H,1H2,2H3;1-2H3/b15-7+,16-12-;;. The van der Waals surface area contributed by atoms with E-state index in [4.69, 9.17) is 0 Å². The third-order valence-corrected chi connectivity index (χ3v) is 3.50. The first-order chi connectivity index (χ1) is 12.2. The van der Waals surface area contributed by atoms with E-state index in [0.717, 1.165) is 30.7 Å². The Kier molecular flexibility index (Phi) is 13.0. The number of hydrogen-bond donors (Lipinski definition) is 1. The van der Waals surface area contributed by atoms with Gasteiger partial charge in [0.15, 0.2) is 0 Å². The van der Waals surface area contributed by atoms with Crippen LogP contribution in [0.5, 0.6) is 0 Å². The molecule has 0 atom stereocenters. The van der Waals surface area contributed by atoms with Crippen molar-refractivity contribution in [3.8, 4) is 0 Å². The van der Waals surface area contributed by atoms with Crippen molar-refractivity contribution in [2.24, 2.45) is 0 Å². The minimum atomic E-state index is 0.104. The van der Waals surface area contributed by atoms with Gasteiger partial charge >= 0.3 is 0 Å². The average Bonchev–Trinajstić information content (AvgIpc) is 2.92. The number of rotatable bonds is 5. The molecule has 1 fully saturated rings. The average molecular weight is 343 g/mol. The number of likely N-dealkylation sites (N-methyl/N-ethyl adjacent to an activating group) is 1. The van der Waals surface area contributed by atoms with Gasteiger partial charge in [0.1, 0.15) is 0 Å². The van der Waals surface area contributed by atoms with Crippen LogP contribution < -0.4 is 5.32 Å². The number of allylic oxidation sites excluding steroid dienone is 9. The predicted molar refractivity (Wildman–Crippen MR) is 110 cm³/mol. The molecule has 3 nitrogen and oxygen atoms in total. The molecule has 0 saturated carbocycles. The summed E-state index contributed by atoms with van der Waals surface area (Å²) < 4.78 is 0. The Morgan fingerprint density at radius 2 is 1.96 bits per heavy atom. The van der Waals surface area contributed by atoms with Gasteiger partial charge in [0.05, 0.1) is 0 Å². The summed E-state index contributed by atoms with van der Waals surface area (Å²) in [5.74, 6) is 0.104. The van der Waals surface area contributed by atoms with E-state index in [-0.39, 0.29) is 5.91 Å². The summed E-state index contributed by atoms with van der Waals surface area (Å²) >= 11 is 0. The maximum Gasteiger partial charge on any atom is 0.254 e. The van der Waals surface area contributed by atoms with Gasteiger partial charge in [-0.1, -0.05) is 56.9 Å². The molecule has 0 aromatic rings. The molecule has 3 heteroatoms. The summed E-state index contributed by atoms with van der Waals surface area (Å²) in [4.78, 5) is 14.2. The van der Waals surface area contributed by atoms with Gasteiger partial charge in [-0.25, -0.2) is 0 Å². The van der Waals surface area contributed by atoms with Crippen LogP contribution >= 0.6 is 0 Å². The number of hydrogen-bond acceptors (Lipinski definition) is 2. The van der Waals surface area contributed by atoms with Gasteiger partial charge < -0.3 is 10.2 Å². The Morgan fingerprint density at radius 3 is 2.48 bits per heavy atom. The zero-order valence-electron chi connectivity index (χ0n) is 16.3.